The number of hydrogen-bond acceptors (Lipinski definition) is 4. The molecule has 0 unspecified atom stereocenters. The molecule has 0 aromatic heterocycles. The SMILES string of the molecule is CN(C)C(=O)C[C@@H]1CN(c2ccc(C(F)(F)F)cc2C(N)=O)C[C@H]1O. The third-order valence-electron chi connectivity index (χ3n) is 4.27. The Labute approximate surface area is 143 Å². The van der Waals surface area contributed by atoms with Crippen molar-refractivity contribution in [1.82, 2.24) is 4.90 Å². The molecule has 0 aliphatic carbocycles. The molecule has 1 aromatic rings. The molecule has 1 saturated heterocycles. The van der Waals surface area contributed by atoms with Crippen molar-refractivity contribution in [3.8, 4) is 0 Å². The summed E-state index contributed by atoms with van der Waals surface area (Å²) in [6.45, 7) is 0.351. The highest BCUT2D eigenvalue weighted by Gasteiger charge is 2.36. The van der Waals surface area contributed by atoms with Crippen LogP contribution in [0.4, 0.5) is 18.9 Å². The van der Waals surface area contributed by atoms with Gasteiger partial charge in [-0.3, -0.25) is 9.59 Å². The van der Waals surface area contributed by atoms with Crippen LogP contribution in [0, 0.1) is 5.92 Å². The number of aliphatic hydroxyl groups excluding tert-OH is 1. The van der Waals surface area contributed by atoms with Gasteiger partial charge in [-0.1, -0.05) is 0 Å². The Hall–Kier alpha value is -2.29. The first-order valence-electron chi connectivity index (χ1n) is 7.65. The van der Waals surface area contributed by atoms with Crippen molar-refractivity contribution in [2.24, 2.45) is 11.7 Å². The second-order valence-corrected chi connectivity index (χ2v) is 6.32. The molecule has 2 amide bonds. The topological polar surface area (TPSA) is 86.9 Å². The number of amides is 2. The van der Waals surface area contributed by atoms with E-state index in [0.717, 1.165) is 6.07 Å². The third kappa shape index (κ3) is 4.22. The molecule has 0 spiro atoms. The first-order chi connectivity index (χ1) is 11.5. The van der Waals surface area contributed by atoms with E-state index in [0.29, 0.717) is 6.07 Å². The molecule has 0 bridgehead atoms. The van der Waals surface area contributed by atoms with Crippen molar-refractivity contribution < 1.29 is 27.9 Å². The number of nitrogens with two attached hydrogens (primary N) is 1. The molecule has 1 aromatic carbocycles. The molecular formula is C16H20F3N3O3. The molecule has 1 aliphatic heterocycles. The summed E-state index contributed by atoms with van der Waals surface area (Å²) in [5, 5.41) is 10.2. The van der Waals surface area contributed by atoms with Crippen LogP contribution in [0.15, 0.2) is 18.2 Å². The molecule has 1 fully saturated rings. The lowest BCUT2D eigenvalue weighted by molar-refractivity contribution is -0.137. The lowest BCUT2D eigenvalue weighted by Gasteiger charge is -2.22. The fourth-order valence-electron chi connectivity index (χ4n) is 2.84. The molecule has 0 saturated carbocycles. The Balaban J connectivity index is 2.27. The molecule has 25 heavy (non-hydrogen) atoms. The molecule has 2 rings (SSSR count). The maximum atomic E-state index is 12.8. The number of β-amino-alcohol motifs (C(OH)–C–C–N with tert-alkyl or cyclic N) is 1. The van der Waals surface area contributed by atoms with Gasteiger partial charge >= 0.3 is 6.18 Å². The Morgan fingerprint density at radius 2 is 1.96 bits per heavy atom. The number of primary amides is 1. The smallest absolute Gasteiger partial charge is 0.391 e. The summed E-state index contributed by atoms with van der Waals surface area (Å²) < 4.78 is 38.5. The minimum atomic E-state index is -4.59. The Morgan fingerprint density at radius 1 is 1.32 bits per heavy atom. The first-order valence-corrected chi connectivity index (χ1v) is 7.65. The second-order valence-electron chi connectivity index (χ2n) is 6.32. The highest BCUT2D eigenvalue weighted by molar-refractivity contribution is 5.99. The number of benzene rings is 1. The van der Waals surface area contributed by atoms with Crippen molar-refractivity contribution in [3.05, 3.63) is 29.3 Å². The predicted octanol–water partition coefficient (Wildman–Crippen LogP) is 1.08. The molecule has 3 N–H and O–H groups in total. The molecule has 0 radical (unpaired) electrons. The van der Waals surface area contributed by atoms with Crippen LogP contribution in [0.1, 0.15) is 22.3 Å². The number of anilines is 1. The summed E-state index contributed by atoms with van der Waals surface area (Å²) in [6.07, 6.45) is -5.31. The maximum Gasteiger partial charge on any atom is 0.416 e. The first kappa shape index (κ1) is 19.0. The molecule has 138 valence electrons. The predicted molar refractivity (Wildman–Crippen MR) is 85.0 cm³/mol. The summed E-state index contributed by atoms with van der Waals surface area (Å²) >= 11 is 0. The van der Waals surface area contributed by atoms with Crippen LogP contribution in [0.2, 0.25) is 0 Å². The fraction of sp³-hybridized carbons (Fsp3) is 0.500. The number of carbonyl (C=O) groups is 2. The van der Waals surface area contributed by atoms with Crippen LogP contribution in [0.5, 0.6) is 0 Å². The van der Waals surface area contributed by atoms with Gasteiger partial charge in [-0.2, -0.15) is 13.2 Å². The number of aliphatic hydroxyl groups is 1. The summed E-state index contributed by atoms with van der Waals surface area (Å²) in [7, 11) is 3.20. The summed E-state index contributed by atoms with van der Waals surface area (Å²) in [5.41, 5.74) is 4.22. The van der Waals surface area contributed by atoms with Gasteiger partial charge in [0.15, 0.2) is 0 Å². The van der Waals surface area contributed by atoms with E-state index in [-0.39, 0.29) is 42.6 Å². The maximum absolute atomic E-state index is 12.8. The zero-order valence-electron chi connectivity index (χ0n) is 13.9. The second kappa shape index (κ2) is 6.91. The summed E-state index contributed by atoms with van der Waals surface area (Å²) in [4.78, 5) is 26.4. The average Bonchev–Trinajstić information content (AvgIpc) is 2.86. The van der Waals surface area contributed by atoms with Gasteiger partial charge in [0.25, 0.3) is 5.91 Å². The van der Waals surface area contributed by atoms with Crippen LogP contribution in [0.25, 0.3) is 0 Å². The van der Waals surface area contributed by atoms with E-state index in [1.165, 1.54) is 11.0 Å². The molecule has 6 nitrogen and oxygen atoms in total. The highest BCUT2D eigenvalue weighted by Crippen LogP contribution is 2.35. The van der Waals surface area contributed by atoms with Gasteiger partial charge in [0.1, 0.15) is 0 Å². The van der Waals surface area contributed by atoms with Crippen molar-refractivity contribution in [1.29, 1.82) is 0 Å². The number of carbonyl (C=O) groups excluding carboxylic acids is 2. The zero-order chi connectivity index (χ0) is 18.9. The van der Waals surface area contributed by atoms with E-state index in [1.54, 1.807) is 19.0 Å². The van der Waals surface area contributed by atoms with Crippen molar-refractivity contribution in [2.45, 2.75) is 18.7 Å². The van der Waals surface area contributed by atoms with E-state index < -0.39 is 23.8 Å². The largest absolute Gasteiger partial charge is 0.416 e. The average molecular weight is 359 g/mol. The van der Waals surface area contributed by atoms with Crippen molar-refractivity contribution in [3.63, 3.8) is 0 Å². The third-order valence-corrected chi connectivity index (χ3v) is 4.27. The van der Waals surface area contributed by atoms with E-state index in [4.69, 9.17) is 5.73 Å². The fourth-order valence-corrected chi connectivity index (χ4v) is 2.84. The van der Waals surface area contributed by atoms with E-state index in [1.807, 2.05) is 0 Å². The minimum absolute atomic E-state index is 0.108. The molecule has 9 heteroatoms. The Bertz CT molecular complexity index is 676. The lowest BCUT2D eigenvalue weighted by atomic mass is 10.0. The van der Waals surface area contributed by atoms with Crippen LogP contribution >= 0.6 is 0 Å². The van der Waals surface area contributed by atoms with Gasteiger partial charge in [0, 0.05) is 45.2 Å². The molecule has 1 aliphatic rings. The van der Waals surface area contributed by atoms with E-state index in [2.05, 4.69) is 0 Å². The summed E-state index contributed by atoms with van der Waals surface area (Å²) in [6, 6.07) is 2.75. The van der Waals surface area contributed by atoms with Gasteiger partial charge in [-0.15, -0.1) is 0 Å². The van der Waals surface area contributed by atoms with Crippen LogP contribution in [-0.4, -0.2) is 55.1 Å². The molecular weight excluding hydrogens is 339 g/mol. The minimum Gasteiger partial charge on any atom is -0.391 e. The standard InChI is InChI=1S/C16H20F3N3O3/c1-21(2)14(24)5-9-7-22(8-13(9)23)12-4-3-10(16(17,18)19)6-11(12)15(20)25/h3-4,6,9,13,23H,5,7-8H2,1-2H3,(H2,20,25)/t9-,13-/m1/s1. The van der Waals surface area contributed by atoms with Crippen molar-refractivity contribution >= 4 is 17.5 Å². The number of rotatable bonds is 4. The Kier molecular flexibility index (Phi) is 5.26. The van der Waals surface area contributed by atoms with Gasteiger partial charge in [-0.25, -0.2) is 0 Å². The number of halogens is 3. The van der Waals surface area contributed by atoms with E-state index in [9.17, 15) is 27.9 Å². The number of alkyl halides is 3. The van der Waals surface area contributed by atoms with Gasteiger partial charge in [-0.05, 0) is 18.2 Å². The van der Waals surface area contributed by atoms with E-state index >= 15 is 0 Å². The highest BCUT2D eigenvalue weighted by atomic mass is 19.4. The van der Waals surface area contributed by atoms with Crippen molar-refractivity contribution in [2.75, 3.05) is 32.1 Å². The molecule has 2 atom stereocenters. The monoisotopic (exact) mass is 359 g/mol. The van der Waals surface area contributed by atoms with Gasteiger partial charge in [0.2, 0.25) is 5.91 Å². The van der Waals surface area contributed by atoms with Gasteiger partial charge < -0.3 is 20.6 Å². The summed E-state index contributed by atoms with van der Waals surface area (Å²) in [5.74, 6) is -1.52. The lowest BCUT2D eigenvalue weighted by Crippen LogP contribution is -2.28. The van der Waals surface area contributed by atoms with Crippen LogP contribution < -0.4 is 10.6 Å². The van der Waals surface area contributed by atoms with Crippen LogP contribution in [-0.2, 0) is 11.0 Å². The molecule has 1 heterocycles. The van der Waals surface area contributed by atoms with Crippen LogP contribution in [0.3, 0.4) is 0 Å². The number of hydrogen-bond donors (Lipinski definition) is 2. The Morgan fingerprint density at radius 3 is 2.48 bits per heavy atom. The quantitative estimate of drug-likeness (QED) is 0.842. The normalized spacial score (nSPS) is 20.6. The van der Waals surface area contributed by atoms with Gasteiger partial charge in [0.05, 0.1) is 17.2 Å². The number of nitrogens with zero attached hydrogens (tertiary/aromatic N) is 2. The zero-order valence-corrected chi connectivity index (χ0v) is 13.9.